The number of rotatable bonds is 6. The second kappa shape index (κ2) is 8.58. The van der Waals surface area contributed by atoms with E-state index in [1.165, 1.54) is 0 Å². The number of hydrogen-bond acceptors (Lipinski definition) is 7. The minimum absolute atomic E-state index is 0.210. The van der Waals surface area contributed by atoms with Gasteiger partial charge in [0.1, 0.15) is 18.3 Å². The highest BCUT2D eigenvalue weighted by molar-refractivity contribution is 5.94. The van der Waals surface area contributed by atoms with Gasteiger partial charge in [-0.25, -0.2) is 9.59 Å². The van der Waals surface area contributed by atoms with Gasteiger partial charge in [-0.05, 0) is 33.3 Å². The molecule has 1 aromatic carbocycles. The number of allylic oxidation sites excluding steroid dienone is 1. The van der Waals surface area contributed by atoms with Crippen LogP contribution in [0.25, 0.3) is 0 Å². The Morgan fingerprint density at radius 1 is 1.16 bits per heavy atom. The topological polar surface area (TPSA) is 104 Å². The van der Waals surface area contributed by atoms with Crippen molar-refractivity contribution in [1.29, 1.82) is 0 Å². The molecule has 0 radical (unpaired) electrons. The number of hydrogen-bond donors (Lipinski definition) is 2. The van der Waals surface area contributed by atoms with Crippen molar-refractivity contribution in [3.8, 4) is 0 Å². The quantitative estimate of drug-likeness (QED) is 0.662. The molecule has 9 nitrogen and oxygen atoms in total. The molecular weight excluding hydrogens is 404 g/mol. The first-order valence-electron chi connectivity index (χ1n) is 10.4. The zero-order valence-corrected chi connectivity index (χ0v) is 18.0. The Balaban J connectivity index is 1.63. The first kappa shape index (κ1) is 21.8. The summed E-state index contributed by atoms with van der Waals surface area (Å²) >= 11 is 0. The molecule has 2 amide bonds. The average molecular weight is 432 g/mol. The molecule has 0 unspecified atom stereocenters. The second-order valence-electron chi connectivity index (χ2n) is 8.17. The number of urea groups is 1. The maximum absolute atomic E-state index is 12.7. The summed E-state index contributed by atoms with van der Waals surface area (Å²) in [7, 11) is 0. The zero-order chi connectivity index (χ0) is 22.2. The van der Waals surface area contributed by atoms with Gasteiger partial charge in [0.25, 0.3) is 0 Å². The van der Waals surface area contributed by atoms with E-state index in [0.29, 0.717) is 17.9 Å². The van der Waals surface area contributed by atoms with Gasteiger partial charge >= 0.3 is 12.0 Å². The Labute approximate surface area is 181 Å². The van der Waals surface area contributed by atoms with E-state index in [9.17, 15) is 9.59 Å². The minimum atomic E-state index is -0.832. The predicted octanol–water partition coefficient (Wildman–Crippen LogP) is 1.97. The van der Waals surface area contributed by atoms with Gasteiger partial charge in [-0.2, -0.15) is 0 Å². The zero-order valence-electron chi connectivity index (χ0n) is 18.0. The molecule has 2 N–H and O–H groups in total. The van der Waals surface area contributed by atoms with Crippen LogP contribution < -0.4 is 10.6 Å². The molecule has 0 aromatic heterocycles. The highest BCUT2D eigenvalue weighted by Crippen LogP contribution is 2.41. The van der Waals surface area contributed by atoms with E-state index in [0.717, 1.165) is 5.56 Å². The molecule has 5 atom stereocenters. The summed E-state index contributed by atoms with van der Waals surface area (Å²) in [5.41, 5.74) is 1.69. The minimum Gasteiger partial charge on any atom is -0.463 e. The van der Waals surface area contributed by atoms with Crippen LogP contribution in [-0.4, -0.2) is 55.0 Å². The molecule has 0 saturated carbocycles. The lowest BCUT2D eigenvalue weighted by molar-refractivity contribution is -0.221. The normalized spacial score (nSPS) is 31.7. The second-order valence-corrected chi connectivity index (χ2v) is 8.17. The third-order valence-electron chi connectivity index (χ3n) is 5.44. The van der Waals surface area contributed by atoms with Crippen LogP contribution in [0.2, 0.25) is 0 Å². The monoisotopic (exact) mass is 432 g/mol. The molecule has 31 heavy (non-hydrogen) atoms. The van der Waals surface area contributed by atoms with Crippen molar-refractivity contribution in [3.63, 3.8) is 0 Å². The van der Waals surface area contributed by atoms with Crippen LogP contribution in [0.1, 0.15) is 33.3 Å². The molecule has 3 heterocycles. The number of carbonyl (C=O) groups is 2. The third-order valence-corrected chi connectivity index (χ3v) is 5.44. The van der Waals surface area contributed by atoms with Crippen LogP contribution in [0.3, 0.4) is 0 Å². The van der Waals surface area contributed by atoms with Crippen molar-refractivity contribution in [2.75, 3.05) is 6.61 Å². The number of benzene rings is 1. The van der Waals surface area contributed by atoms with Gasteiger partial charge in [0.05, 0.1) is 24.8 Å². The van der Waals surface area contributed by atoms with E-state index in [-0.39, 0.29) is 6.61 Å². The Hall–Kier alpha value is -2.46. The van der Waals surface area contributed by atoms with Gasteiger partial charge in [-0.3, -0.25) is 0 Å². The molecule has 0 bridgehead atoms. The fourth-order valence-corrected chi connectivity index (χ4v) is 4.18. The number of fused-ring (bicyclic) bond motifs is 1. The summed E-state index contributed by atoms with van der Waals surface area (Å²) in [5, 5.41) is 5.42. The summed E-state index contributed by atoms with van der Waals surface area (Å²) < 4.78 is 29.6. The number of amides is 2. The first-order chi connectivity index (χ1) is 14.8. The number of carbonyl (C=O) groups excluding carboxylic acids is 2. The molecule has 2 saturated heterocycles. The Morgan fingerprint density at radius 2 is 1.90 bits per heavy atom. The first-order valence-corrected chi connectivity index (χ1v) is 10.4. The van der Waals surface area contributed by atoms with Crippen molar-refractivity contribution in [2.45, 2.75) is 70.7 Å². The van der Waals surface area contributed by atoms with E-state index in [2.05, 4.69) is 10.6 Å². The molecular formula is C22H28N2O7. The lowest BCUT2D eigenvalue weighted by Crippen LogP contribution is -2.58. The highest BCUT2D eigenvalue weighted by atomic mass is 16.8. The molecule has 1 aromatic rings. The largest absolute Gasteiger partial charge is 0.463 e. The van der Waals surface area contributed by atoms with Crippen LogP contribution in [0.15, 0.2) is 41.6 Å². The average Bonchev–Trinajstić information content (AvgIpc) is 3.18. The summed E-state index contributed by atoms with van der Waals surface area (Å²) in [4.78, 5) is 24.9. The van der Waals surface area contributed by atoms with Crippen LogP contribution in [0, 0.1) is 0 Å². The van der Waals surface area contributed by atoms with Crippen molar-refractivity contribution in [3.05, 3.63) is 47.2 Å². The van der Waals surface area contributed by atoms with Gasteiger partial charge in [0.2, 0.25) is 0 Å². The van der Waals surface area contributed by atoms with Gasteiger partial charge in [-0.15, -0.1) is 0 Å². The summed E-state index contributed by atoms with van der Waals surface area (Å²) in [5.74, 6) is -1.36. The maximum atomic E-state index is 12.7. The van der Waals surface area contributed by atoms with E-state index < -0.39 is 48.4 Å². The number of ether oxygens (including phenoxy) is 5. The Morgan fingerprint density at radius 3 is 2.61 bits per heavy atom. The molecule has 9 heteroatoms. The van der Waals surface area contributed by atoms with E-state index >= 15 is 0 Å². The van der Waals surface area contributed by atoms with Gasteiger partial charge in [-0.1, -0.05) is 30.3 Å². The number of nitrogens with one attached hydrogen (secondary N) is 2. The Bertz CT molecular complexity index is 870. The van der Waals surface area contributed by atoms with E-state index in [1.807, 2.05) is 30.3 Å². The van der Waals surface area contributed by atoms with Crippen LogP contribution in [0.4, 0.5) is 4.79 Å². The lowest BCUT2D eigenvalue weighted by atomic mass is 9.93. The van der Waals surface area contributed by atoms with Gasteiger partial charge < -0.3 is 34.3 Å². The molecule has 0 aliphatic carbocycles. The maximum Gasteiger partial charge on any atom is 0.337 e. The standard InChI is InChI=1S/C22H28N2O7/c1-5-27-19(25)14-12(2)23-21(26)24-15(14)16-17(28-11-13-9-7-6-8-10-13)18-20(29-16)31-22(3,4)30-18/h6-10,15-18,20H,5,11H2,1-4H3,(H2,23,24,26)/t15-,16-,17+,18-,20-/m1/s1. The molecule has 2 fully saturated rings. The van der Waals surface area contributed by atoms with Crippen molar-refractivity contribution in [1.82, 2.24) is 10.6 Å². The van der Waals surface area contributed by atoms with E-state index in [4.69, 9.17) is 23.7 Å². The fourth-order valence-electron chi connectivity index (χ4n) is 4.18. The SMILES string of the molecule is CCOC(=O)C1=C(C)NC(=O)N[C@H]1[C@H]1O[C@@H]2OC(C)(C)O[C@@H]2[C@H]1OCc1ccccc1. The van der Waals surface area contributed by atoms with Crippen molar-refractivity contribution < 1.29 is 33.3 Å². The molecule has 168 valence electrons. The molecule has 3 aliphatic rings. The van der Waals surface area contributed by atoms with Crippen LogP contribution >= 0.6 is 0 Å². The lowest BCUT2D eigenvalue weighted by Gasteiger charge is -2.35. The fraction of sp³-hybridized carbons (Fsp3) is 0.545. The van der Waals surface area contributed by atoms with Gasteiger partial charge in [0.15, 0.2) is 12.1 Å². The summed E-state index contributed by atoms with van der Waals surface area (Å²) in [6.07, 6.45) is -2.50. The smallest absolute Gasteiger partial charge is 0.337 e. The van der Waals surface area contributed by atoms with Gasteiger partial charge in [0, 0.05) is 5.70 Å². The van der Waals surface area contributed by atoms with Crippen LogP contribution in [0.5, 0.6) is 0 Å². The highest BCUT2D eigenvalue weighted by Gasteiger charge is 2.58. The predicted molar refractivity (Wildman–Crippen MR) is 109 cm³/mol. The molecule has 4 rings (SSSR count). The summed E-state index contributed by atoms with van der Waals surface area (Å²) in [6.45, 7) is 7.51. The van der Waals surface area contributed by atoms with Crippen molar-refractivity contribution in [2.24, 2.45) is 0 Å². The van der Waals surface area contributed by atoms with Crippen LogP contribution in [-0.2, 0) is 35.1 Å². The number of esters is 1. The molecule has 0 spiro atoms. The summed E-state index contributed by atoms with van der Waals surface area (Å²) in [6, 6.07) is 8.49. The van der Waals surface area contributed by atoms with E-state index in [1.54, 1.807) is 27.7 Å². The third kappa shape index (κ3) is 4.45. The Kier molecular flexibility index (Phi) is 6.02. The molecule has 3 aliphatic heterocycles. The van der Waals surface area contributed by atoms with Crippen molar-refractivity contribution >= 4 is 12.0 Å².